The number of allylic oxidation sites excluding steroid dienone is 1. The molecule has 4 rings (SSSR count). The molecule has 41 heavy (non-hydrogen) atoms. The van der Waals surface area contributed by atoms with E-state index in [2.05, 4.69) is 30.7 Å². The van der Waals surface area contributed by atoms with Crippen molar-refractivity contribution in [2.45, 2.75) is 45.1 Å². The second kappa shape index (κ2) is 13.5. The van der Waals surface area contributed by atoms with Crippen LogP contribution in [0.1, 0.15) is 60.4 Å². The number of amides is 3. The fourth-order valence-electron chi connectivity index (χ4n) is 4.46. The summed E-state index contributed by atoms with van der Waals surface area (Å²) < 4.78 is 4.66. The zero-order chi connectivity index (χ0) is 29.5. The van der Waals surface area contributed by atoms with E-state index >= 15 is 0 Å². The summed E-state index contributed by atoms with van der Waals surface area (Å²) in [4.78, 5) is 57.2. The number of Topliss-reactive ketones (excluding diaryl/α,β-unsaturated/α-hetero) is 1. The molecule has 0 radical (unpaired) electrons. The van der Waals surface area contributed by atoms with Crippen LogP contribution in [0.2, 0.25) is 10.2 Å². The summed E-state index contributed by atoms with van der Waals surface area (Å²) in [7, 11) is 1.25. The number of fused-ring (bicyclic) bond motifs is 4. The number of aromatic amines is 1. The molecule has 2 aromatic carbocycles. The average Bonchev–Trinajstić information content (AvgIpc) is 3.31. The predicted octanol–water partition coefficient (Wildman–Crippen LogP) is 6.23. The van der Waals surface area contributed by atoms with Gasteiger partial charge < -0.3 is 20.4 Å². The van der Waals surface area contributed by atoms with Gasteiger partial charge in [0.25, 0.3) is 0 Å². The Labute approximate surface area is 246 Å². The summed E-state index contributed by atoms with van der Waals surface area (Å²) in [6.07, 6.45) is 4.65. The number of anilines is 2. The lowest BCUT2D eigenvalue weighted by atomic mass is 10.00. The van der Waals surface area contributed by atoms with Crippen molar-refractivity contribution >= 4 is 58.3 Å². The lowest BCUT2D eigenvalue weighted by Crippen LogP contribution is -2.29. The van der Waals surface area contributed by atoms with E-state index in [1.165, 1.54) is 14.0 Å². The number of rotatable bonds is 6. The number of imidazole rings is 1. The van der Waals surface area contributed by atoms with Crippen LogP contribution in [-0.4, -0.2) is 40.8 Å². The minimum Gasteiger partial charge on any atom is -0.453 e. The third-order valence-electron chi connectivity index (χ3n) is 6.47. The Morgan fingerprint density at radius 2 is 1.93 bits per heavy atom. The van der Waals surface area contributed by atoms with Gasteiger partial charge in [0.1, 0.15) is 16.7 Å². The van der Waals surface area contributed by atoms with E-state index in [1.54, 1.807) is 36.4 Å². The van der Waals surface area contributed by atoms with Gasteiger partial charge in [-0.15, -0.1) is 0 Å². The van der Waals surface area contributed by atoms with Crippen LogP contribution in [0.4, 0.5) is 16.2 Å². The highest BCUT2D eigenvalue weighted by molar-refractivity contribution is 6.32. The first-order valence-corrected chi connectivity index (χ1v) is 13.7. The van der Waals surface area contributed by atoms with Gasteiger partial charge in [0.15, 0.2) is 5.78 Å². The van der Waals surface area contributed by atoms with E-state index in [0.717, 1.165) is 0 Å². The molecule has 0 fully saturated rings. The first-order chi connectivity index (χ1) is 19.6. The van der Waals surface area contributed by atoms with Crippen LogP contribution in [0.3, 0.4) is 0 Å². The third kappa shape index (κ3) is 7.74. The number of benzene rings is 2. The van der Waals surface area contributed by atoms with Gasteiger partial charge in [0.2, 0.25) is 11.8 Å². The minimum atomic E-state index is -0.655. The predicted molar refractivity (Wildman–Crippen MR) is 157 cm³/mol. The molecule has 1 aliphatic heterocycles. The quantitative estimate of drug-likeness (QED) is 0.196. The van der Waals surface area contributed by atoms with Gasteiger partial charge in [-0.2, -0.15) is 0 Å². The van der Waals surface area contributed by atoms with Crippen molar-refractivity contribution < 1.29 is 23.9 Å². The number of hydrogen-bond acceptors (Lipinski definition) is 6. The fraction of sp³-hybridized carbons (Fsp3) is 0.276. The summed E-state index contributed by atoms with van der Waals surface area (Å²) in [5.74, 6) is -0.139. The van der Waals surface area contributed by atoms with Crippen molar-refractivity contribution in [3.05, 3.63) is 75.7 Å². The number of carbonyl (C=O) groups is 4. The van der Waals surface area contributed by atoms with Crippen LogP contribution in [-0.2, 0) is 20.7 Å². The lowest BCUT2D eigenvalue weighted by Gasteiger charge is -2.16. The van der Waals surface area contributed by atoms with Crippen molar-refractivity contribution in [1.82, 2.24) is 15.3 Å². The molecule has 1 aliphatic rings. The summed E-state index contributed by atoms with van der Waals surface area (Å²) in [5.41, 5.74) is 2.93. The molecule has 4 N–H and O–H groups in total. The van der Waals surface area contributed by atoms with Gasteiger partial charge >= 0.3 is 6.09 Å². The monoisotopic (exact) mass is 597 g/mol. The van der Waals surface area contributed by atoms with Gasteiger partial charge in [0.05, 0.1) is 18.8 Å². The average molecular weight is 598 g/mol. The Balaban J connectivity index is 1.60. The maximum absolute atomic E-state index is 13.0. The molecule has 3 aromatic rings. The Morgan fingerprint density at radius 3 is 2.68 bits per heavy atom. The Bertz CT molecular complexity index is 1520. The van der Waals surface area contributed by atoms with E-state index < -0.39 is 12.1 Å². The number of ether oxygens (including phenoxy) is 1. The van der Waals surface area contributed by atoms with Gasteiger partial charge in [-0.25, -0.2) is 9.78 Å². The molecule has 0 saturated carbocycles. The zero-order valence-electron chi connectivity index (χ0n) is 22.5. The smallest absolute Gasteiger partial charge is 0.411 e. The molecule has 2 heterocycles. The Kier molecular flexibility index (Phi) is 9.80. The molecular weight excluding hydrogens is 569 g/mol. The normalized spacial score (nSPS) is 15.7. The Hall–Kier alpha value is -4.15. The van der Waals surface area contributed by atoms with E-state index in [9.17, 15) is 19.2 Å². The highest BCUT2D eigenvalue weighted by Gasteiger charge is 2.23. The number of aromatic nitrogens is 2. The number of carbonyl (C=O) groups excluding carboxylic acids is 4. The number of H-pyrrole nitrogens is 1. The van der Waals surface area contributed by atoms with Gasteiger partial charge in [0, 0.05) is 34.7 Å². The summed E-state index contributed by atoms with van der Waals surface area (Å²) in [6, 6.07) is 9.38. The molecule has 2 bridgehead atoms. The lowest BCUT2D eigenvalue weighted by molar-refractivity contribution is -0.122. The molecule has 1 aromatic heterocycles. The van der Waals surface area contributed by atoms with Crippen molar-refractivity contribution in [2.75, 3.05) is 17.7 Å². The number of methoxy groups -OCH3 is 1. The van der Waals surface area contributed by atoms with Crippen LogP contribution in [0.15, 0.2) is 48.6 Å². The molecule has 0 saturated heterocycles. The molecule has 0 spiro atoms. The maximum atomic E-state index is 13.0. The van der Waals surface area contributed by atoms with Gasteiger partial charge in [-0.1, -0.05) is 35.4 Å². The largest absolute Gasteiger partial charge is 0.453 e. The van der Waals surface area contributed by atoms with Crippen LogP contribution < -0.4 is 16.0 Å². The second-order valence-corrected chi connectivity index (χ2v) is 10.2. The van der Waals surface area contributed by atoms with Crippen molar-refractivity contribution in [3.8, 4) is 11.3 Å². The molecule has 1 atom stereocenters. The first-order valence-electron chi connectivity index (χ1n) is 12.9. The molecule has 0 unspecified atom stereocenters. The highest BCUT2D eigenvalue weighted by Crippen LogP contribution is 2.35. The third-order valence-corrected chi connectivity index (χ3v) is 6.98. The summed E-state index contributed by atoms with van der Waals surface area (Å²) in [5, 5.41) is 9.16. The molecule has 10 nitrogen and oxygen atoms in total. The Morgan fingerprint density at radius 1 is 1.12 bits per heavy atom. The maximum Gasteiger partial charge on any atom is 0.411 e. The number of ketones is 1. The van der Waals surface area contributed by atoms with E-state index in [1.807, 2.05) is 12.2 Å². The molecular formula is C29H29Cl2N5O5. The molecule has 214 valence electrons. The van der Waals surface area contributed by atoms with Crippen LogP contribution in [0.25, 0.3) is 11.3 Å². The number of nitrogens with zero attached hydrogens (tertiary/aromatic N) is 1. The first kappa shape index (κ1) is 29.8. The topological polar surface area (TPSA) is 142 Å². The molecule has 3 amide bonds. The van der Waals surface area contributed by atoms with E-state index in [4.69, 9.17) is 23.2 Å². The van der Waals surface area contributed by atoms with Gasteiger partial charge in [-0.3, -0.25) is 19.7 Å². The minimum absolute atomic E-state index is 0.100. The van der Waals surface area contributed by atoms with Crippen LogP contribution >= 0.6 is 23.2 Å². The SMILES string of the molecule is COC(=O)Nc1ccc2c(c1)NC(=O)CC/C=C/C[C@H](NC(=O)CCc1cc(Cl)ccc1C(C)=O)c1nc-2c(Cl)[nH]1. The highest BCUT2D eigenvalue weighted by atomic mass is 35.5. The van der Waals surface area contributed by atoms with Crippen LogP contribution in [0, 0.1) is 0 Å². The number of nitrogens with one attached hydrogen (secondary N) is 4. The standard InChI is InChI=1S/C29H29Cl2N5O5/c1-16(37)20-11-9-18(30)14-17(20)8-13-25(39)33-22-6-4-3-5-7-24(38)34-23-15-19(32-29(40)41-2)10-12-21(23)26-27(31)36-28(22)35-26/h3-4,9-12,14-15,22H,5-8,13H2,1-2H3,(H,32,40)(H,33,39)(H,34,38)(H,35,36)/b4-3+/t22-/m0/s1. The number of aryl methyl sites for hydroxylation is 1. The summed E-state index contributed by atoms with van der Waals surface area (Å²) in [6.45, 7) is 1.47. The van der Waals surface area contributed by atoms with Crippen LogP contribution in [0.5, 0.6) is 0 Å². The van der Waals surface area contributed by atoms with Crippen molar-refractivity contribution in [1.29, 1.82) is 0 Å². The van der Waals surface area contributed by atoms with Crippen molar-refractivity contribution in [2.24, 2.45) is 0 Å². The number of halogens is 2. The van der Waals surface area contributed by atoms with E-state index in [-0.39, 0.29) is 35.6 Å². The van der Waals surface area contributed by atoms with E-state index in [0.29, 0.717) is 63.9 Å². The fourth-order valence-corrected chi connectivity index (χ4v) is 4.89. The number of hydrogen-bond donors (Lipinski definition) is 4. The van der Waals surface area contributed by atoms with Gasteiger partial charge in [-0.05, 0) is 68.1 Å². The van der Waals surface area contributed by atoms with Crippen molar-refractivity contribution in [3.63, 3.8) is 0 Å². The summed E-state index contributed by atoms with van der Waals surface area (Å²) >= 11 is 12.7. The molecule has 0 aliphatic carbocycles. The molecule has 12 heteroatoms. The second-order valence-electron chi connectivity index (χ2n) is 9.43. The zero-order valence-corrected chi connectivity index (χ0v) is 24.0.